The molecule has 3 aromatic rings. The number of benzene rings is 1. The number of carboxylic acids is 1. The van der Waals surface area contributed by atoms with E-state index in [1.165, 1.54) is 6.07 Å². The summed E-state index contributed by atoms with van der Waals surface area (Å²) in [5.41, 5.74) is 2.20. The smallest absolute Gasteiger partial charge is 0.371 e. The molecule has 3 N–H and O–H groups in total. The molecule has 27 heavy (non-hydrogen) atoms. The average molecular weight is 370 g/mol. The fraction of sp³-hybridized carbons (Fsp3) is 0.278. The van der Waals surface area contributed by atoms with Crippen molar-refractivity contribution >= 4 is 28.8 Å². The summed E-state index contributed by atoms with van der Waals surface area (Å²) in [5, 5.41) is 18.2. The van der Waals surface area contributed by atoms with Gasteiger partial charge in [-0.3, -0.25) is 14.8 Å². The predicted octanol–water partition coefficient (Wildman–Crippen LogP) is 1.94. The van der Waals surface area contributed by atoms with Crippen LogP contribution in [0.25, 0.3) is 11.1 Å². The number of rotatable bonds is 5. The van der Waals surface area contributed by atoms with Crippen LogP contribution in [0, 0.1) is 0 Å². The van der Waals surface area contributed by atoms with Gasteiger partial charge in [-0.05, 0) is 17.7 Å². The van der Waals surface area contributed by atoms with E-state index in [2.05, 4.69) is 20.4 Å². The van der Waals surface area contributed by atoms with Crippen molar-refractivity contribution in [3.05, 3.63) is 47.2 Å². The van der Waals surface area contributed by atoms with Crippen LogP contribution in [0.15, 0.2) is 34.7 Å². The van der Waals surface area contributed by atoms with Gasteiger partial charge in [-0.15, -0.1) is 0 Å². The van der Waals surface area contributed by atoms with Gasteiger partial charge in [0.2, 0.25) is 5.76 Å². The molecule has 140 valence electrons. The number of carbonyl (C=O) groups is 2. The highest BCUT2D eigenvalue weighted by Crippen LogP contribution is 2.24. The molecule has 0 bridgehead atoms. The van der Waals surface area contributed by atoms with E-state index in [1.807, 2.05) is 12.1 Å². The van der Waals surface area contributed by atoms with E-state index in [0.29, 0.717) is 11.1 Å². The van der Waals surface area contributed by atoms with Crippen LogP contribution in [0.3, 0.4) is 0 Å². The van der Waals surface area contributed by atoms with Gasteiger partial charge < -0.3 is 19.6 Å². The number of hydrogen-bond acceptors (Lipinski definition) is 6. The third kappa shape index (κ3) is 3.69. The highest BCUT2D eigenvalue weighted by atomic mass is 16.5. The van der Waals surface area contributed by atoms with Gasteiger partial charge in [-0.25, -0.2) is 4.79 Å². The molecule has 1 amide bonds. The van der Waals surface area contributed by atoms with E-state index in [9.17, 15) is 9.59 Å². The Morgan fingerprint density at radius 2 is 1.96 bits per heavy atom. The number of anilines is 1. The molecule has 0 spiro atoms. The summed E-state index contributed by atoms with van der Waals surface area (Å²) in [6, 6.07) is 8.65. The summed E-state index contributed by atoms with van der Waals surface area (Å²) in [6.45, 7) is 4.11. The Hall–Kier alpha value is -3.17. The number of aromatic carboxylic acids is 1. The zero-order chi connectivity index (χ0) is 18.8. The average Bonchev–Trinajstić information content (AvgIpc) is 3.25. The molecule has 1 saturated heterocycles. The summed E-state index contributed by atoms with van der Waals surface area (Å²) >= 11 is 0. The number of hydrogen-bond donors (Lipinski definition) is 3. The molecule has 0 radical (unpaired) electrons. The summed E-state index contributed by atoms with van der Waals surface area (Å²) in [5.74, 6) is -1.61. The molecular formula is C18H18N4O5. The number of amides is 1. The van der Waals surface area contributed by atoms with Crippen LogP contribution in [0.2, 0.25) is 0 Å². The zero-order valence-corrected chi connectivity index (χ0v) is 14.4. The Balaban J connectivity index is 1.44. The van der Waals surface area contributed by atoms with Crippen LogP contribution < -0.4 is 5.32 Å². The number of morpholine rings is 1. The first kappa shape index (κ1) is 17.3. The van der Waals surface area contributed by atoms with Crippen molar-refractivity contribution in [1.82, 2.24) is 15.1 Å². The number of aromatic nitrogens is 2. The topological polar surface area (TPSA) is 121 Å². The minimum Gasteiger partial charge on any atom is -0.475 e. The van der Waals surface area contributed by atoms with E-state index < -0.39 is 5.97 Å². The van der Waals surface area contributed by atoms with Crippen LogP contribution in [0.1, 0.15) is 26.5 Å². The molecule has 9 heteroatoms. The van der Waals surface area contributed by atoms with Crippen molar-refractivity contribution < 1.29 is 23.8 Å². The lowest BCUT2D eigenvalue weighted by Crippen LogP contribution is -2.35. The number of carboxylic acid groups (broad SMARTS) is 1. The van der Waals surface area contributed by atoms with Crippen molar-refractivity contribution in [3.63, 3.8) is 0 Å². The number of H-pyrrole nitrogens is 1. The largest absolute Gasteiger partial charge is 0.475 e. The second-order valence-corrected chi connectivity index (χ2v) is 6.27. The highest BCUT2D eigenvalue weighted by Gasteiger charge is 2.18. The van der Waals surface area contributed by atoms with E-state index in [1.54, 1.807) is 12.1 Å². The molecular weight excluding hydrogens is 352 g/mol. The molecule has 4 rings (SSSR count). The first-order valence-electron chi connectivity index (χ1n) is 8.52. The minimum absolute atomic E-state index is 0.153. The maximum atomic E-state index is 12.4. The number of ether oxygens (including phenoxy) is 1. The molecule has 1 aliphatic rings. The van der Waals surface area contributed by atoms with Gasteiger partial charge in [0, 0.05) is 31.3 Å². The van der Waals surface area contributed by atoms with Gasteiger partial charge in [-0.1, -0.05) is 12.1 Å². The lowest BCUT2D eigenvalue weighted by atomic mass is 10.1. The zero-order valence-electron chi connectivity index (χ0n) is 14.4. The lowest BCUT2D eigenvalue weighted by Gasteiger charge is -2.26. The number of carbonyl (C=O) groups excluding carboxylic acids is 1. The molecule has 0 unspecified atom stereocenters. The fourth-order valence-corrected chi connectivity index (χ4v) is 2.97. The second-order valence-electron chi connectivity index (χ2n) is 6.27. The van der Waals surface area contributed by atoms with Gasteiger partial charge >= 0.3 is 5.97 Å². The van der Waals surface area contributed by atoms with E-state index in [-0.39, 0.29) is 23.1 Å². The third-order valence-electron chi connectivity index (χ3n) is 4.40. The second kappa shape index (κ2) is 7.22. The first-order chi connectivity index (χ1) is 13.1. The quantitative estimate of drug-likeness (QED) is 0.627. The van der Waals surface area contributed by atoms with Crippen molar-refractivity contribution in [1.29, 1.82) is 0 Å². The predicted molar refractivity (Wildman–Crippen MR) is 95.8 cm³/mol. The molecule has 1 aromatic carbocycles. The standard InChI is InChI=1S/C18H18N4O5/c23-17(19-16-15-13(20-21-16)9-14(27-15)18(24)25)12-3-1-11(2-4-12)10-22-5-7-26-8-6-22/h1-4,9H,5-8,10H2,(H,24,25)(H2,19,20,21,23). The molecule has 0 atom stereocenters. The Morgan fingerprint density at radius 1 is 1.22 bits per heavy atom. The lowest BCUT2D eigenvalue weighted by molar-refractivity contribution is 0.0342. The molecule has 9 nitrogen and oxygen atoms in total. The number of furan rings is 1. The highest BCUT2D eigenvalue weighted by molar-refractivity contribution is 6.07. The minimum atomic E-state index is -1.19. The monoisotopic (exact) mass is 370 g/mol. The van der Waals surface area contributed by atoms with Gasteiger partial charge in [-0.2, -0.15) is 5.10 Å². The fourth-order valence-electron chi connectivity index (χ4n) is 2.97. The Labute approximate surface area is 153 Å². The number of nitrogens with zero attached hydrogens (tertiary/aromatic N) is 2. The van der Waals surface area contributed by atoms with Crippen molar-refractivity contribution in [3.8, 4) is 0 Å². The van der Waals surface area contributed by atoms with Gasteiger partial charge in [0.25, 0.3) is 5.91 Å². The van der Waals surface area contributed by atoms with Crippen LogP contribution >= 0.6 is 0 Å². The summed E-state index contributed by atoms with van der Waals surface area (Å²) in [7, 11) is 0. The van der Waals surface area contributed by atoms with Crippen LogP contribution in [0.4, 0.5) is 5.82 Å². The molecule has 0 saturated carbocycles. The number of aromatic amines is 1. The van der Waals surface area contributed by atoms with E-state index in [4.69, 9.17) is 14.3 Å². The molecule has 3 heterocycles. The summed E-state index contributed by atoms with van der Waals surface area (Å²) < 4.78 is 10.6. The maximum absolute atomic E-state index is 12.4. The molecule has 0 aliphatic carbocycles. The van der Waals surface area contributed by atoms with Gasteiger partial charge in [0.1, 0.15) is 5.52 Å². The molecule has 2 aromatic heterocycles. The van der Waals surface area contributed by atoms with Gasteiger partial charge in [0.15, 0.2) is 11.4 Å². The van der Waals surface area contributed by atoms with E-state index in [0.717, 1.165) is 38.4 Å². The summed E-state index contributed by atoms with van der Waals surface area (Å²) in [6.07, 6.45) is 0. The Bertz CT molecular complexity index is 969. The summed E-state index contributed by atoms with van der Waals surface area (Å²) in [4.78, 5) is 25.7. The van der Waals surface area contributed by atoms with Crippen molar-refractivity contribution in [2.24, 2.45) is 0 Å². The Kier molecular flexibility index (Phi) is 4.61. The van der Waals surface area contributed by atoms with Crippen LogP contribution in [0.5, 0.6) is 0 Å². The van der Waals surface area contributed by atoms with E-state index >= 15 is 0 Å². The normalized spacial score (nSPS) is 15.1. The van der Waals surface area contributed by atoms with Crippen LogP contribution in [-0.4, -0.2) is 58.4 Å². The Morgan fingerprint density at radius 3 is 2.67 bits per heavy atom. The van der Waals surface area contributed by atoms with Gasteiger partial charge in [0.05, 0.1) is 13.2 Å². The first-order valence-corrected chi connectivity index (χ1v) is 8.52. The number of fused-ring (bicyclic) bond motifs is 1. The SMILES string of the molecule is O=C(Nc1n[nH]c2cc(C(=O)O)oc12)c1ccc(CN2CCOCC2)cc1. The van der Waals surface area contributed by atoms with Crippen LogP contribution in [-0.2, 0) is 11.3 Å². The maximum Gasteiger partial charge on any atom is 0.371 e. The third-order valence-corrected chi connectivity index (χ3v) is 4.40. The number of nitrogens with one attached hydrogen (secondary N) is 2. The van der Waals surface area contributed by atoms with Crippen molar-refractivity contribution in [2.45, 2.75) is 6.54 Å². The molecule has 1 aliphatic heterocycles. The molecule has 1 fully saturated rings. The van der Waals surface area contributed by atoms with Crippen molar-refractivity contribution in [2.75, 3.05) is 31.6 Å².